The molecule has 18 heavy (non-hydrogen) atoms. The SMILES string of the molecule is CCNCCCNC(=O)NC(CCOC)C(=O)O. The molecule has 0 aliphatic heterocycles. The van der Waals surface area contributed by atoms with Gasteiger partial charge in [-0.2, -0.15) is 0 Å². The summed E-state index contributed by atoms with van der Waals surface area (Å²) in [5.74, 6) is -1.06. The first kappa shape index (κ1) is 16.7. The maximum Gasteiger partial charge on any atom is 0.326 e. The van der Waals surface area contributed by atoms with E-state index in [-0.39, 0.29) is 13.0 Å². The second kappa shape index (κ2) is 10.8. The normalized spacial score (nSPS) is 11.9. The summed E-state index contributed by atoms with van der Waals surface area (Å²) in [6.45, 7) is 4.52. The largest absolute Gasteiger partial charge is 0.480 e. The van der Waals surface area contributed by atoms with E-state index in [1.807, 2.05) is 6.92 Å². The van der Waals surface area contributed by atoms with Crippen molar-refractivity contribution in [2.24, 2.45) is 0 Å². The van der Waals surface area contributed by atoms with Crippen molar-refractivity contribution in [3.05, 3.63) is 0 Å². The number of hydrogen-bond acceptors (Lipinski definition) is 4. The van der Waals surface area contributed by atoms with Crippen molar-refractivity contribution in [3.8, 4) is 0 Å². The Balaban J connectivity index is 3.77. The lowest BCUT2D eigenvalue weighted by Crippen LogP contribution is -2.46. The minimum Gasteiger partial charge on any atom is -0.480 e. The zero-order chi connectivity index (χ0) is 13.8. The Kier molecular flexibility index (Phi) is 9.99. The van der Waals surface area contributed by atoms with E-state index in [0.29, 0.717) is 6.54 Å². The molecular formula is C11H23N3O4. The summed E-state index contributed by atoms with van der Waals surface area (Å²) < 4.78 is 4.79. The highest BCUT2D eigenvalue weighted by atomic mass is 16.5. The van der Waals surface area contributed by atoms with Crippen molar-refractivity contribution in [1.29, 1.82) is 0 Å². The van der Waals surface area contributed by atoms with Gasteiger partial charge in [0.1, 0.15) is 6.04 Å². The van der Waals surface area contributed by atoms with Crippen molar-refractivity contribution in [2.45, 2.75) is 25.8 Å². The molecule has 1 atom stereocenters. The molecule has 0 aromatic rings. The van der Waals surface area contributed by atoms with Crippen LogP contribution in [0.25, 0.3) is 0 Å². The van der Waals surface area contributed by atoms with Crippen molar-refractivity contribution in [3.63, 3.8) is 0 Å². The van der Waals surface area contributed by atoms with Crippen molar-refractivity contribution < 1.29 is 19.4 Å². The van der Waals surface area contributed by atoms with Gasteiger partial charge in [-0.25, -0.2) is 9.59 Å². The molecule has 0 bridgehead atoms. The second-order valence-corrected chi connectivity index (χ2v) is 3.78. The van der Waals surface area contributed by atoms with Crippen LogP contribution in [0.15, 0.2) is 0 Å². The summed E-state index contributed by atoms with van der Waals surface area (Å²) >= 11 is 0. The number of hydrogen-bond donors (Lipinski definition) is 4. The van der Waals surface area contributed by atoms with E-state index < -0.39 is 18.0 Å². The van der Waals surface area contributed by atoms with Gasteiger partial charge in [0, 0.05) is 26.7 Å². The minimum atomic E-state index is -1.06. The fourth-order valence-electron chi connectivity index (χ4n) is 1.29. The van der Waals surface area contributed by atoms with Crippen LogP contribution in [-0.2, 0) is 9.53 Å². The van der Waals surface area contributed by atoms with E-state index in [1.54, 1.807) is 0 Å². The van der Waals surface area contributed by atoms with Crippen LogP contribution in [0.2, 0.25) is 0 Å². The molecule has 0 spiro atoms. The third kappa shape index (κ3) is 8.77. The zero-order valence-corrected chi connectivity index (χ0v) is 11.0. The lowest BCUT2D eigenvalue weighted by atomic mass is 10.2. The number of carboxylic acid groups (broad SMARTS) is 1. The smallest absolute Gasteiger partial charge is 0.326 e. The highest BCUT2D eigenvalue weighted by molar-refractivity contribution is 5.82. The number of methoxy groups -OCH3 is 1. The molecule has 0 radical (unpaired) electrons. The van der Waals surface area contributed by atoms with E-state index >= 15 is 0 Å². The Bertz CT molecular complexity index is 248. The Hall–Kier alpha value is -1.34. The maximum absolute atomic E-state index is 11.4. The van der Waals surface area contributed by atoms with Gasteiger partial charge in [0.2, 0.25) is 0 Å². The number of rotatable bonds is 10. The molecule has 0 aromatic carbocycles. The zero-order valence-electron chi connectivity index (χ0n) is 11.0. The lowest BCUT2D eigenvalue weighted by Gasteiger charge is -2.14. The number of nitrogens with one attached hydrogen (secondary N) is 3. The number of aliphatic carboxylic acids is 1. The van der Waals surface area contributed by atoms with Crippen LogP contribution in [0, 0.1) is 0 Å². The monoisotopic (exact) mass is 261 g/mol. The van der Waals surface area contributed by atoms with Gasteiger partial charge in [0.25, 0.3) is 0 Å². The lowest BCUT2D eigenvalue weighted by molar-refractivity contribution is -0.139. The van der Waals surface area contributed by atoms with E-state index in [4.69, 9.17) is 9.84 Å². The number of carboxylic acids is 1. The van der Waals surface area contributed by atoms with E-state index in [9.17, 15) is 9.59 Å². The molecule has 0 saturated carbocycles. The van der Waals surface area contributed by atoms with Crippen LogP contribution in [0.4, 0.5) is 4.79 Å². The number of ether oxygens (including phenoxy) is 1. The summed E-state index contributed by atoms with van der Waals surface area (Å²) in [4.78, 5) is 22.3. The molecule has 0 rings (SSSR count). The van der Waals surface area contributed by atoms with Gasteiger partial charge in [-0.3, -0.25) is 0 Å². The van der Waals surface area contributed by atoms with Gasteiger partial charge in [-0.05, 0) is 19.5 Å². The highest BCUT2D eigenvalue weighted by Gasteiger charge is 2.18. The van der Waals surface area contributed by atoms with Gasteiger partial charge < -0.3 is 25.8 Å². The highest BCUT2D eigenvalue weighted by Crippen LogP contribution is 1.93. The van der Waals surface area contributed by atoms with Gasteiger partial charge in [0.15, 0.2) is 0 Å². The first-order valence-electron chi connectivity index (χ1n) is 6.08. The molecular weight excluding hydrogens is 238 g/mol. The molecule has 0 fully saturated rings. The molecule has 106 valence electrons. The summed E-state index contributed by atoms with van der Waals surface area (Å²) in [6, 6.07) is -1.38. The average molecular weight is 261 g/mol. The van der Waals surface area contributed by atoms with Crippen molar-refractivity contribution >= 4 is 12.0 Å². The fourth-order valence-corrected chi connectivity index (χ4v) is 1.29. The molecule has 4 N–H and O–H groups in total. The second-order valence-electron chi connectivity index (χ2n) is 3.78. The molecule has 0 aromatic heterocycles. The summed E-state index contributed by atoms with van der Waals surface area (Å²) in [5, 5.41) is 17.0. The standard InChI is InChI=1S/C11H23N3O4/c1-3-12-6-4-7-13-11(17)14-9(10(15)16)5-8-18-2/h9,12H,3-8H2,1-2H3,(H,15,16)(H2,13,14,17). The molecule has 7 nitrogen and oxygen atoms in total. The molecule has 0 aliphatic carbocycles. The van der Waals surface area contributed by atoms with Crippen LogP contribution in [0.1, 0.15) is 19.8 Å². The predicted octanol–water partition coefficient (Wildman–Crippen LogP) is -0.225. The molecule has 0 aliphatic rings. The summed E-state index contributed by atoms with van der Waals surface area (Å²) in [5.41, 5.74) is 0. The van der Waals surface area contributed by atoms with Crippen LogP contribution < -0.4 is 16.0 Å². The summed E-state index contributed by atoms with van der Waals surface area (Å²) in [6.07, 6.45) is 1.05. The Morgan fingerprint density at radius 2 is 2.06 bits per heavy atom. The average Bonchev–Trinajstić information content (AvgIpc) is 2.33. The number of carbonyl (C=O) groups excluding carboxylic acids is 1. The first-order valence-corrected chi connectivity index (χ1v) is 6.08. The van der Waals surface area contributed by atoms with E-state index in [0.717, 1.165) is 19.5 Å². The number of amides is 2. The van der Waals surface area contributed by atoms with Crippen LogP contribution in [0.5, 0.6) is 0 Å². The van der Waals surface area contributed by atoms with Crippen LogP contribution >= 0.6 is 0 Å². The predicted molar refractivity (Wildman–Crippen MR) is 67.6 cm³/mol. The Morgan fingerprint density at radius 3 is 2.61 bits per heavy atom. The third-order valence-corrected chi connectivity index (χ3v) is 2.28. The minimum absolute atomic E-state index is 0.247. The Labute approximate surface area is 107 Å². The third-order valence-electron chi connectivity index (χ3n) is 2.28. The van der Waals surface area contributed by atoms with Crippen LogP contribution in [0.3, 0.4) is 0 Å². The van der Waals surface area contributed by atoms with E-state index in [2.05, 4.69) is 16.0 Å². The molecule has 0 saturated heterocycles. The van der Waals surface area contributed by atoms with Gasteiger partial charge in [-0.1, -0.05) is 6.92 Å². The van der Waals surface area contributed by atoms with Gasteiger partial charge >= 0.3 is 12.0 Å². The first-order chi connectivity index (χ1) is 8.61. The molecule has 2 amide bonds. The van der Waals surface area contributed by atoms with Crippen molar-refractivity contribution in [1.82, 2.24) is 16.0 Å². The molecule has 1 unspecified atom stereocenters. The topological polar surface area (TPSA) is 99.7 Å². The van der Waals surface area contributed by atoms with E-state index in [1.165, 1.54) is 7.11 Å². The maximum atomic E-state index is 11.4. The Morgan fingerprint density at radius 1 is 1.33 bits per heavy atom. The molecule has 0 heterocycles. The van der Waals surface area contributed by atoms with Crippen molar-refractivity contribution in [2.75, 3.05) is 33.4 Å². The summed E-state index contributed by atoms with van der Waals surface area (Å²) in [7, 11) is 1.49. The van der Waals surface area contributed by atoms with Crippen LogP contribution in [-0.4, -0.2) is 56.5 Å². The number of urea groups is 1. The number of carbonyl (C=O) groups is 2. The van der Waals surface area contributed by atoms with Gasteiger partial charge in [0.05, 0.1) is 0 Å². The van der Waals surface area contributed by atoms with Gasteiger partial charge in [-0.15, -0.1) is 0 Å². The molecule has 7 heteroatoms. The fraction of sp³-hybridized carbons (Fsp3) is 0.818. The quantitative estimate of drug-likeness (QED) is 0.407.